The summed E-state index contributed by atoms with van der Waals surface area (Å²) >= 11 is 0. The van der Waals surface area contributed by atoms with E-state index in [0.717, 1.165) is 33.0 Å². The molecule has 34 heavy (non-hydrogen) atoms. The normalized spacial score (nSPS) is 13.2. The van der Waals surface area contributed by atoms with Gasteiger partial charge in [-0.1, -0.05) is 13.8 Å². The van der Waals surface area contributed by atoms with E-state index in [-0.39, 0.29) is 17.6 Å². The van der Waals surface area contributed by atoms with Gasteiger partial charge < -0.3 is 19.5 Å². The summed E-state index contributed by atoms with van der Waals surface area (Å²) in [6.07, 6.45) is 1.06. The summed E-state index contributed by atoms with van der Waals surface area (Å²) in [5.74, 6) is 1.35. The molecule has 188 valence electrons. The molecule has 0 saturated carbocycles. The number of nitrogens with zero attached hydrogens (tertiary/aromatic N) is 1. The molecule has 0 aliphatic rings. The molecule has 0 bridgehead atoms. The Bertz CT molecular complexity index is 1130. The molecular formula is C25H36N2O6S. The molecule has 1 amide bonds. The first-order valence-corrected chi connectivity index (χ1v) is 12.9. The lowest BCUT2D eigenvalue weighted by molar-refractivity contribution is -0.122. The van der Waals surface area contributed by atoms with Gasteiger partial charge in [0, 0.05) is 6.07 Å². The van der Waals surface area contributed by atoms with Gasteiger partial charge in [-0.3, -0.25) is 9.10 Å². The maximum absolute atomic E-state index is 13.3. The molecule has 2 aromatic carbocycles. The minimum Gasteiger partial charge on any atom is -0.497 e. The number of benzene rings is 2. The standard InChI is InChI=1S/C25H36N2O6S/c1-15(2)20-14-21(16(3)12-24(20)33-8)17(4)26-25(28)18(5)27(34(9,29)30)22-13-19(31-6)10-11-23(22)32-7/h10-15,17-18H,1-9H3,(H,26,28)/t17-,18+/m1/s1. The number of nitrogens with one attached hydrogen (secondary N) is 1. The molecule has 2 aromatic rings. The monoisotopic (exact) mass is 492 g/mol. The lowest BCUT2D eigenvalue weighted by Crippen LogP contribution is -2.48. The second-order valence-electron chi connectivity index (χ2n) is 8.61. The first-order valence-electron chi connectivity index (χ1n) is 11.1. The van der Waals surface area contributed by atoms with Gasteiger partial charge in [0.1, 0.15) is 23.3 Å². The van der Waals surface area contributed by atoms with Gasteiger partial charge in [0.2, 0.25) is 15.9 Å². The Morgan fingerprint density at radius 2 is 1.53 bits per heavy atom. The van der Waals surface area contributed by atoms with Crippen molar-refractivity contribution >= 4 is 21.6 Å². The Labute approximate surface area is 203 Å². The lowest BCUT2D eigenvalue weighted by atomic mass is 9.93. The summed E-state index contributed by atoms with van der Waals surface area (Å²) in [6.45, 7) is 9.53. The van der Waals surface area contributed by atoms with Crippen molar-refractivity contribution in [1.82, 2.24) is 5.32 Å². The molecule has 0 radical (unpaired) electrons. The van der Waals surface area contributed by atoms with E-state index in [1.54, 1.807) is 26.2 Å². The zero-order valence-corrected chi connectivity index (χ0v) is 22.2. The summed E-state index contributed by atoms with van der Waals surface area (Å²) < 4.78 is 42.8. The van der Waals surface area contributed by atoms with Crippen LogP contribution in [0.3, 0.4) is 0 Å². The summed E-state index contributed by atoms with van der Waals surface area (Å²) in [5, 5.41) is 2.97. The van der Waals surface area contributed by atoms with Gasteiger partial charge in [0.05, 0.1) is 39.3 Å². The molecule has 0 heterocycles. The van der Waals surface area contributed by atoms with Crippen molar-refractivity contribution in [3.8, 4) is 17.2 Å². The average molecular weight is 493 g/mol. The third-order valence-corrected chi connectivity index (χ3v) is 7.01. The van der Waals surface area contributed by atoms with E-state index in [1.165, 1.54) is 20.3 Å². The SMILES string of the molecule is COc1ccc(OC)c(N([C@@H](C)C(=O)N[C@H](C)c2cc(C(C)C)c(OC)cc2C)S(C)(=O)=O)c1. The molecule has 2 rings (SSSR count). The van der Waals surface area contributed by atoms with Gasteiger partial charge >= 0.3 is 0 Å². The fourth-order valence-corrected chi connectivity index (χ4v) is 5.14. The summed E-state index contributed by atoms with van der Waals surface area (Å²) in [5.41, 5.74) is 3.17. The highest BCUT2D eigenvalue weighted by Crippen LogP contribution is 2.36. The van der Waals surface area contributed by atoms with E-state index < -0.39 is 22.0 Å². The number of carbonyl (C=O) groups excluding carboxylic acids is 1. The highest BCUT2D eigenvalue weighted by molar-refractivity contribution is 7.92. The first-order chi connectivity index (χ1) is 15.8. The highest BCUT2D eigenvalue weighted by atomic mass is 32.2. The predicted octanol–water partition coefficient (Wildman–Crippen LogP) is 4.18. The molecule has 0 saturated heterocycles. The van der Waals surface area contributed by atoms with Crippen LogP contribution in [0.25, 0.3) is 0 Å². The van der Waals surface area contributed by atoms with Crippen LogP contribution in [0.15, 0.2) is 30.3 Å². The summed E-state index contributed by atoms with van der Waals surface area (Å²) in [4.78, 5) is 13.3. The molecule has 0 fully saturated rings. The fraction of sp³-hybridized carbons (Fsp3) is 0.480. The third kappa shape index (κ3) is 5.94. The number of amides is 1. The second kappa shape index (κ2) is 11.0. The van der Waals surface area contributed by atoms with Crippen molar-refractivity contribution in [3.05, 3.63) is 47.0 Å². The van der Waals surface area contributed by atoms with Crippen molar-refractivity contribution in [2.24, 2.45) is 0 Å². The number of carbonyl (C=O) groups is 1. The third-order valence-electron chi connectivity index (χ3n) is 5.78. The van der Waals surface area contributed by atoms with Crippen LogP contribution in [-0.4, -0.2) is 48.0 Å². The van der Waals surface area contributed by atoms with Crippen LogP contribution in [-0.2, 0) is 14.8 Å². The van der Waals surface area contributed by atoms with Crippen molar-refractivity contribution in [1.29, 1.82) is 0 Å². The Hall–Kier alpha value is -2.94. The molecule has 0 unspecified atom stereocenters. The number of sulfonamides is 1. The molecule has 0 spiro atoms. The smallest absolute Gasteiger partial charge is 0.244 e. The molecule has 0 aliphatic heterocycles. The maximum atomic E-state index is 13.3. The highest BCUT2D eigenvalue weighted by Gasteiger charge is 2.32. The number of anilines is 1. The largest absolute Gasteiger partial charge is 0.497 e. The quantitative estimate of drug-likeness (QED) is 0.535. The molecule has 1 N–H and O–H groups in total. The molecule has 9 heteroatoms. The predicted molar refractivity (Wildman–Crippen MR) is 135 cm³/mol. The number of methoxy groups -OCH3 is 3. The number of aryl methyl sites for hydroxylation is 1. The van der Waals surface area contributed by atoms with Gasteiger partial charge in [0.15, 0.2) is 0 Å². The van der Waals surface area contributed by atoms with E-state index >= 15 is 0 Å². The van der Waals surface area contributed by atoms with Crippen LogP contribution in [0.4, 0.5) is 5.69 Å². The van der Waals surface area contributed by atoms with Crippen LogP contribution >= 0.6 is 0 Å². The van der Waals surface area contributed by atoms with E-state index in [1.807, 2.05) is 26.0 Å². The lowest BCUT2D eigenvalue weighted by Gasteiger charge is -2.31. The van der Waals surface area contributed by atoms with E-state index in [9.17, 15) is 13.2 Å². The summed E-state index contributed by atoms with van der Waals surface area (Å²) in [6, 6.07) is 7.40. The first kappa shape index (κ1) is 27.3. The van der Waals surface area contributed by atoms with Crippen LogP contribution < -0.4 is 23.8 Å². The zero-order valence-electron chi connectivity index (χ0n) is 21.4. The second-order valence-corrected chi connectivity index (χ2v) is 10.5. The van der Waals surface area contributed by atoms with Crippen LogP contribution in [0.2, 0.25) is 0 Å². The minimum absolute atomic E-state index is 0.224. The van der Waals surface area contributed by atoms with Crippen molar-refractivity contribution in [2.75, 3.05) is 31.9 Å². The Balaban J connectivity index is 2.42. The molecule has 0 aromatic heterocycles. The number of hydrogen-bond acceptors (Lipinski definition) is 6. The molecule has 8 nitrogen and oxygen atoms in total. The van der Waals surface area contributed by atoms with Crippen molar-refractivity contribution < 1.29 is 27.4 Å². The fourth-order valence-electron chi connectivity index (χ4n) is 3.97. The van der Waals surface area contributed by atoms with Crippen LogP contribution in [0.1, 0.15) is 56.3 Å². The zero-order chi connectivity index (χ0) is 25.8. The molecule has 0 aliphatic carbocycles. The van der Waals surface area contributed by atoms with E-state index in [4.69, 9.17) is 14.2 Å². The van der Waals surface area contributed by atoms with Gasteiger partial charge in [-0.15, -0.1) is 0 Å². The van der Waals surface area contributed by atoms with Gasteiger partial charge in [-0.05, 0) is 67.6 Å². The van der Waals surface area contributed by atoms with Crippen molar-refractivity contribution in [3.63, 3.8) is 0 Å². The topological polar surface area (TPSA) is 94.2 Å². The van der Waals surface area contributed by atoms with Crippen LogP contribution in [0.5, 0.6) is 17.2 Å². The van der Waals surface area contributed by atoms with Gasteiger partial charge in [-0.2, -0.15) is 0 Å². The Kier molecular flexibility index (Phi) is 8.83. The van der Waals surface area contributed by atoms with E-state index in [0.29, 0.717) is 11.5 Å². The summed E-state index contributed by atoms with van der Waals surface area (Å²) in [7, 11) is 0.729. The molecule has 2 atom stereocenters. The minimum atomic E-state index is -3.83. The number of ether oxygens (including phenoxy) is 3. The Morgan fingerprint density at radius 1 is 0.912 bits per heavy atom. The van der Waals surface area contributed by atoms with Crippen LogP contribution in [0, 0.1) is 6.92 Å². The van der Waals surface area contributed by atoms with E-state index in [2.05, 4.69) is 19.2 Å². The Morgan fingerprint density at radius 3 is 2.03 bits per heavy atom. The van der Waals surface area contributed by atoms with Gasteiger partial charge in [-0.25, -0.2) is 8.42 Å². The van der Waals surface area contributed by atoms with Crippen molar-refractivity contribution in [2.45, 2.75) is 52.6 Å². The molecular weight excluding hydrogens is 456 g/mol. The average Bonchev–Trinajstić information content (AvgIpc) is 2.77. The number of hydrogen-bond donors (Lipinski definition) is 1. The number of rotatable bonds is 10. The van der Waals surface area contributed by atoms with Gasteiger partial charge in [0.25, 0.3) is 0 Å². The maximum Gasteiger partial charge on any atom is 0.244 e.